The lowest BCUT2D eigenvalue weighted by atomic mass is 9.85. The molecule has 0 bridgehead atoms. The molecule has 0 radical (unpaired) electrons. The molecule has 1 aromatic heterocycles. The van der Waals surface area contributed by atoms with Crippen LogP contribution in [0.4, 0.5) is 15.2 Å². The van der Waals surface area contributed by atoms with Crippen LogP contribution < -0.4 is 10.2 Å². The Morgan fingerprint density at radius 1 is 1.20 bits per heavy atom. The molecule has 0 fully saturated rings. The predicted octanol–water partition coefficient (Wildman–Crippen LogP) is 4.86. The fourth-order valence-electron chi connectivity index (χ4n) is 3.49. The van der Waals surface area contributed by atoms with Crippen LogP contribution in [0.15, 0.2) is 53.9 Å². The van der Waals surface area contributed by atoms with Gasteiger partial charge in [0, 0.05) is 29.8 Å². The number of fused-ring (bicyclic) bond motifs is 1. The molecule has 0 aliphatic carbocycles. The van der Waals surface area contributed by atoms with Gasteiger partial charge in [-0.1, -0.05) is 18.2 Å². The lowest BCUT2D eigenvalue weighted by Gasteiger charge is -2.16. The van der Waals surface area contributed by atoms with Gasteiger partial charge in [0.25, 0.3) is 0 Å². The summed E-state index contributed by atoms with van der Waals surface area (Å²) in [4.78, 5) is 30.8. The number of anilines is 2. The van der Waals surface area contributed by atoms with Crippen molar-refractivity contribution in [3.8, 4) is 11.3 Å². The Labute approximate surface area is 177 Å². The Morgan fingerprint density at radius 2 is 1.93 bits per heavy atom. The van der Waals surface area contributed by atoms with Crippen molar-refractivity contribution < 1.29 is 14.0 Å². The molecule has 0 saturated carbocycles. The second kappa shape index (κ2) is 7.50. The van der Waals surface area contributed by atoms with Gasteiger partial charge >= 0.3 is 0 Å². The zero-order valence-electron chi connectivity index (χ0n) is 16.8. The predicted molar refractivity (Wildman–Crippen MR) is 118 cm³/mol. The molecule has 1 aliphatic heterocycles. The maximum Gasteiger partial charge on any atom is 0.250 e. The Balaban J connectivity index is 1.50. The number of carbonyl (C=O) groups excluding carboxylic acids is 2. The summed E-state index contributed by atoms with van der Waals surface area (Å²) < 4.78 is 12.9. The number of aromatic nitrogens is 1. The van der Waals surface area contributed by atoms with E-state index in [9.17, 15) is 14.0 Å². The molecule has 3 aromatic rings. The van der Waals surface area contributed by atoms with Crippen molar-refractivity contribution in [2.24, 2.45) is 0 Å². The lowest BCUT2D eigenvalue weighted by Crippen LogP contribution is -2.33. The summed E-state index contributed by atoms with van der Waals surface area (Å²) in [7, 11) is 1.78. The largest absolute Gasteiger partial charge is 0.314 e. The van der Waals surface area contributed by atoms with Gasteiger partial charge < -0.3 is 4.90 Å². The average Bonchev–Trinajstić information content (AvgIpc) is 3.25. The van der Waals surface area contributed by atoms with Gasteiger partial charge in [-0.2, -0.15) is 0 Å². The first-order valence-electron chi connectivity index (χ1n) is 9.39. The minimum atomic E-state index is -0.585. The van der Waals surface area contributed by atoms with Crippen LogP contribution in [0, 0.1) is 5.82 Å². The third-order valence-electron chi connectivity index (χ3n) is 5.20. The third-order valence-corrected chi connectivity index (χ3v) is 5.96. The first-order valence-corrected chi connectivity index (χ1v) is 10.3. The SMILES string of the molecule is CN1C(=O)C(C)(C)c2cc(-c3csc(NC(=O)/C=C/c4ccc(F)cc4)n3)ccc21. The van der Waals surface area contributed by atoms with Crippen LogP contribution in [0.25, 0.3) is 17.3 Å². The summed E-state index contributed by atoms with van der Waals surface area (Å²) >= 11 is 1.33. The van der Waals surface area contributed by atoms with Crippen molar-refractivity contribution in [2.45, 2.75) is 19.3 Å². The van der Waals surface area contributed by atoms with Gasteiger partial charge in [0.05, 0.1) is 11.1 Å². The highest BCUT2D eigenvalue weighted by Gasteiger charge is 2.42. The molecular weight excluding hydrogens is 401 g/mol. The number of hydrogen-bond donors (Lipinski definition) is 1. The highest BCUT2D eigenvalue weighted by molar-refractivity contribution is 7.14. The van der Waals surface area contributed by atoms with E-state index in [1.54, 1.807) is 30.2 Å². The second-order valence-electron chi connectivity index (χ2n) is 7.63. The lowest BCUT2D eigenvalue weighted by molar-refractivity contribution is -0.121. The normalized spacial score (nSPS) is 14.9. The summed E-state index contributed by atoms with van der Waals surface area (Å²) in [5.41, 5.74) is 3.64. The van der Waals surface area contributed by atoms with Crippen molar-refractivity contribution in [1.82, 2.24) is 4.98 Å². The molecule has 4 rings (SSSR count). The van der Waals surface area contributed by atoms with Crippen LogP contribution >= 0.6 is 11.3 Å². The first kappa shape index (κ1) is 20.0. The number of rotatable bonds is 4. The minimum absolute atomic E-state index is 0.0637. The van der Waals surface area contributed by atoms with Crippen LogP contribution in [0.3, 0.4) is 0 Å². The van der Waals surface area contributed by atoms with E-state index in [4.69, 9.17) is 0 Å². The Kier molecular flexibility index (Phi) is 4.99. The van der Waals surface area contributed by atoms with Crippen LogP contribution in [-0.4, -0.2) is 23.8 Å². The number of nitrogens with zero attached hydrogens (tertiary/aromatic N) is 2. The summed E-state index contributed by atoms with van der Waals surface area (Å²) in [6, 6.07) is 11.7. The fraction of sp³-hybridized carbons (Fsp3) is 0.174. The topological polar surface area (TPSA) is 62.3 Å². The molecular formula is C23H20FN3O2S. The number of amides is 2. The zero-order valence-corrected chi connectivity index (χ0v) is 17.6. The zero-order chi connectivity index (χ0) is 21.5. The molecule has 30 heavy (non-hydrogen) atoms. The molecule has 0 atom stereocenters. The smallest absolute Gasteiger partial charge is 0.250 e. The van der Waals surface area contributed by atoms with E-state index >= 15 is 0 Å². The highest BCUT2D eigenvalue weighted by atomic mass is 32.1. The summed E-state index contributed by atoms with van der Waals surface area (Å²) in [6.45, 7) is 3.84. The number of benzene rings is 2. The fourth-order valence-corrected chi connectivity index (χ4v) is 4.21. The molecule has 0 unspecified atom stereocenters. The quantitative estimate of drug-likeness (QED) is 0.612. The molecule has 1 aliphatic rings. The molecule has 0 spiro atoms. The average molecular weight is 421 g/mol. The molecule has 0 saturated heterocycles. The van der Waals surface area contributed by atoms with Crippen molar-refractivity contribution >= 4 is 40.0 Å². The van der Waals surface area contributed by atoms with Crippen molar-refractivity contribution in [2.75, 3.05) is 17.3 Å². The number of hydrogen-bond acceptors (Lipinski definition) is 4. The summed E-state index contributed by atoms with van der Waals surface area (Å²) in [6.07, 6.45) is 2.99. The van der Waals surface area contributed by atoms with Crippen LogP contribution in [0.1, 0.15) is 25.0 Å². The molecule has 5 nitrogen and oxygen atoms in total. The number of likely N-dealkylation sites (N-methyl/N-ethyl adjacent to an activating group) is 1. The molecule has 2 aromatic carbocycles. The molecule has 1 N–H and O–H groups in total. The molecule has 152 valence electrons. The van der Waals surface area contributed by atoms with Gasteiger partial charge in [0.2, 0.25) is 11.8 Å². The van der Waals surface area contributed by atoms with Gasteiger partial charge in [-0.05, 0) is 55.3 Å². The Hall–Kier alpha value is -3.32. The Bertz CT molecular complexity index is 1170. The number of halogens is 1. The maximum absolute atomic E-state index is 12.9. The third kappa shape index (κ3) is 3.64. The highest BCUT2D eigenvalue weighted by Crippen LogP contribution is 2.42. The number of nitrogens with one attached hydrogen (secondary N) is 1. The van der Waals surface area contributed by atoms with E-state index in [1.807, 2.05) is 37.4 Å². The van der Waals surface area contributed by atoms with Gasteiger partial charge in [-0.25, -0.2) is 9.37 Å². The minimum Gasteiger partial charge on any atom is -0.314 e. The van der Waals surface area contributed by atoms with E-state index < -0.39 is 5.41 Å². The van der Waals surface area contributed by atoms with Crippen molar-refractivity contribution in [1.29, 1.82) is 0 Å². The Morgan fingerprint density at radius 3 is 2.67 bits per heavy atom. The maximum atomic E-state index is 12.9. The van der Waals surface area contributed by atoms with Crippen molar-refractivity contribution in [3.05, 3.63) is 70.9 Å². The van der Waals surface area contributed by atoms with E-state index in [1.165, 1.54) is 29.5 Å². The van der Waals surface area contributed by atoms with Crippen molar-refractivity contribution in [3.63, 3.8) is 0 Å². The van der Waals surface area contributed by atoms with Crippen LogP contribution in [-0.2, 0) is 15.0 Å². The molecule has 7 heteroatoms. The standard InChI is InChI=1S/C23H20FN3O2S/c1-23(2)17-12-15(7-10-19(17)27(3)21(23)29)18-13-30-22(25-18)26-20(28)11-6-14-4-8-16(24)9-5-14/h4-13H,1-3H3,(H,25,26,28)/b11-6+. The summed E-state index contributed by atoms with van der Waals surface area (Å²) in [5, 5.41) is 5.09. The van der Waals surface area contributed by atoms with Crippen LogP contribution in [0.2, 0.25) is 0 Å². The van der Waals surface area contributed by atoms with Crippen LogP contribution in [0.5, 0.6) is 0 Å². The van der Waals surface area contributed by atoms with Gasteiger partial charge in [-0.3, -0.25) is 14.9 Å². The monoisotopic (exact) mass is 421 g/mol. The van der Waals surface area contributed by atoms with E-state index in [0.29, 0.717) is 5.13 Å². The number of carbonyl (C=O) groups is 2. The second-order valence-corrected chi connectivity index (χ2v) is 8.49. The van der Waals surface area contributed by atoms with E-state index in [2.05, 4.69) is 10.3 Å². The molecule has 2 amide bonds. The van der Waals surface area contributed by atoms with E-state index in [0.717, 1.165) is 28.1 Å². The first-order chi connectivity index (χ1) is 14.3. The van der Waals surface area contributed by atoms with Gasteiger partial charge in [0.1, 0.15) is 5.82 Å². The van der Waals surface area contributed by atoms with E-state index in [-0.39, 0.29) is 17.6 Å². The van der Waals surface area contributed by atoms with Gasteiger partial charge in [-0.15, -0.1) is 11.3 Å². The summed E-state index contributed by atoms with van der Waals surface area (Å²) in [5.74, 6) is -0.575. The molecule has 2 heterocycles. The van der Waals surface area contributed by atoms with Gasteiger partial charge in [0.15, 0.2) is 5.13 Å². The number of thiazole rings is 1.